The van der Waals surface area contributed by atoms with E-state index in [2.05, 4.69) is 37.3 Å². The predicted molar refractivity (Wildman–Crippen MR) is 116 cm³/mol. The minimum absolute atomic E-state index is 0.538. The maximum Gasteiger partial charge on any atom is 0.160 e. The van der Waals surface area contributed by atoms with Crippen LogP contribution < -0.4 is 15.2 Å². The minimum atomic E-state index is -0.538. The predicted octanol–water partition coefficient (Wildman–Crippen LogP) is 5.13. The number of hydrogen-bond acceptors (Lipinski definition) is 5. The van der Waals surface area contributed by atoms with Gasteiger partial charge in [-0.1, -0.05) is 36.6 Å². The summed E-state index contributed by atoms with van der Waals surface area (Å²) in [7, 11) is 3.26. The Morgan fingerprint density at radius 1 is 1.00 bits per heavy atom. The second-order valence-electron chi connectivity index (χ2n) is 6.99. The van der Waals surface area contributed by atoms with Gasteiger partial charge in [-0.05, 0) is 56.1 Å². The van der Waals surface area contributed by atoms with Crippen LogP contribution in [0.25, 0.3) is 0 Å². The molecule has 0 amide bonds. The highest BCUT2D eigenvalue weighted by atomic mass is 32.2. The van der Waals surface area contributed by atoms with Crippen molar-refractivity contribution in [3.63, 3.8) is 0 Å². The van der Waals surface area contributed by atoms with E-state index in [4.69, 9.17) is 15.2 Å². The number of thioether (sulfide) groups is 1. The Morgan fingerprint density at radius 2 is 1.71 bits per heavy atom. The highest BCUT2D eigenvalue weighted by Crippen LogP contribution is 2.40. The van der Waals surface area contributed by atoms with Crippen LogP contribution in [-0.2, 0) is 6.42 Å². The van der Waals surface area contributed by atoms with E-state index in [1.165, 1.54) is 5.56 Å². The molecule has 2 aromatic rings. The van der Waals surface area contributed by atoms with E-state index in [1.54, 1.807) is 26.0 Å². The minimum Gasteiger partial charge on any atom is -0.493 e. The molecule has 2 N–H and O–H groups in total. The Morgan fingerprint density at radius 3 is 2.32 bits per heavy atom. The van der Waals surface area contributed by atoms with Crippen molar-refractivity contribution in [2.24, 2.45) is 5.73 Å². The summed E-state index contributed by atoms with van der Waals surface area (Å²) in [6, 6.07) is 16.9. The molecule has 0 aliphatic rings. The lowest BCUT2D eigenvalue weighted by Crippen LogP contribution is -2.26. The Labute approximate surface area is 173 Å². The van der Waals surface area contributed by atoms with Crippen LogP contribution in [0, 0.1) is 18.3 Å². The Kier molecular flexibility index (Phi) is 8.69. The molecule has 1 atom stereocenters. The molecule has 0 aromatic heterocycles. The van der Waals surface area contributed by atoms with Gasteiger partial charge >= 0.3 is 0 Å². The van der Waals surface area contributed by atoms with Crippen molar-refractivity contribution in [2.45, 2.75) is 48.7 Å². The summed E-state index contributed by atoms with van der Waals surface area (Å²) in [5, 5.41) is 10.2. The van der Waals surface area contributed by atoms with Crippen molar-refractivity contribution in [1.29, 1.82) is 5.26 Å². The first-order valence-electron chi connectivity index (χ1n) is 9.63. The zero-order chi connectivity index (χ0) is 20.4. The summed E-state index contributed by atoms with van der Waals surface area (Å²) in [4.78, 5) is 1.12. The molecule has 150 valence electrons. The molecule has 0 bridgehead atoms. The van der Waals surface area contributed by atoms with Crippen LogP contribution in [0.15, 0.2) is 47.4 Å². The Hall–Kier alpha value is -2.16. The van der Waals surface area contributed by atoms with Gasteiger partial charge in [0, 0.05) is 11.3 Å². The molecule has 0 fully saturated rings. The van der Waals surface area contributed by atoms with Crippen molar-refractivity contribution < 1.29 is 9.47 Å². The lowest BCUT2D eigenvalue weighted by molar-refractivity contribution is 0.354. The van der Waals surface area contributed by atoms with Crippen LogP contribution in [0.2, 0.25) is 0 Å². The monoisotopic (exact) mass is 398 g/mol. The summed E-state index contributed by atoms with van der Waals surface area (Å²) in [6.07, 6.45) is 4.48. The zero-order valence-electron chi connectivity index (χ0n) is 17.0. The summed E-state index contributed by atoms with van der Waals surface area (Å²) >= 11 is 1.66. The van der Waals surface area contributed by atoms with E-state index in [0.29, 0.717) is 24.5 Å². The molecule has 0 spiro atoms. The molecule has 28 heavy (non-hydrogen) atoms. The number of rotatable bonds is 11. The average molecular weight is 399 g/mol. The Balaban J connectivity index is 2.28. The van der Waals surface area contributed by atoms with Crippen LogP contribution in [0.4, 0.5) is 0 Å². The number of aryl methyl sites for hydroxylation is 1. The first kappa shape index (κ1) is 22.1. The third-order valence-corrected chi connectivity index (χ3v) is 6.10. The number of methoxy groups -OCH3 is 2. The lowest BCUT2D eigenvalue weighted by atomic mass is 9.93. The largest absolute Gasteiger partial charge is 0.493 e. The van der Waals surface area contributed by atoms with E-state index in [-0.39, 0.29) is 0 Å². The van der Waals surface area contributed by atoms with Crippen molar-refractivity contribution in [3.8, 4) is 17.6 Å². The van der Waals surface area contributed by atoms with Gasteiger partial charge in [-0.15, -0.1) is 11.8 Å². The number of unbranched alkanes of at least 4 members (excludes halogenated alkanes) is 2. The molecule has 0 saturated heterocycles. The van der Waals surface area contributed by atoms with Crippen molar-refractivity contribution in [3.05, 3.63) is 53.6 Å². The first-order chi connectivity index (χ1) is 13.6. The van der Waals surface area contributed by atoms with Crippen LogP contribution in [0.3, 0.4) is 0 Å². The molecule has 0 aliphatic heterocycles. The number of nitrogens with two attached hydrogens (primary N) is 1. The number of nitriles is 1. The Bertz CT molecular complexity index is 786. The second-order valence-corrected chi connectivity index (χ2v) is 8.44. The van der Waals surface area contributed by atoms with Gasteiger partial charge in [0.05, 0.1) is 20.3 Å². The zero-order valence-corrected chi connectivity index (χ0v) is 17.8. The third kappa shape index (κ3) is 6.19. The van der Waals surface area contributed by atoms with Gasteiger partial charge in [-0.2, -0.15) is 5.26 Å². The highest BCUT2D eigenvalue weighted by Gasteiger charge is 2.32. The van der Waals surface area contributed by atoms with Gasteiger partial charge < -0.3 is 15.2 Å². The summed E-state index contributed by atoms with van der Waals surface area (Å²) in [6.45, 7) is 2.77. The number of ether oxygens (including phenoxy) is 2. The summed E-state index contributed by atoms with van der Waals surface area (Å²) in [5.41, 5.74) is 7.92. The fraction of sp³-hybridized carbons (Fsp3) is 0.435. The maximum atomic E-state index is 10.2. The lowest BCUT2D eigenvalue weighted by Gasteiger charge is -2.27. The first-order valence-corrected chi connectivity index (χ1v) is 10.5. The summed E-state index contributed by atoms with van der Waals surface area (Å²) in [5.74, 6) is 1.39. The van der Waals surface area contributed by atoms with Gasteiger partial charge in [0.15, 0.2) is 11.5 Å². The number of hydrogen-bond donors (Lipinski definition) is 1. The number of benzene rings is 2. The maximum absolute atomic E-state index is 10.2. The summed E-state index contributed by atoms with van der Waals surface area (Å²) < 4.78 is 10.2. The standard InChI is InChI=1S/C23H30N2O2S/c1-18-7-10-20(11-8-18)28-23(17-25,13-5-4-6-14-24)16-19-9-12-21(26-2)22(15-19)27-3/h7-12,15H,4-6,13-14,16,24H2,1-3H3. The van der Waals surface area contributed by atoms with Crippen LogP contribution in [0.1, 0.15) is 36.8 Å². The van der Waals surface area contributed by atoms with Crippen molar-refractivity contribution in [2.75, 3.05) is 20.8 Å². The van der Waals surface area contributed by atoms with Gasteiger partial charge in [-0.3, -0.25) is 0 Å². The average Bonchev–Trinajstić information content (AvgIpc) is 2.72. The van der Waals surface area contributed by atoms with E-state index in [0.717, 1.165) is 36.1 Å². The smallest absolute Gasteiger partial charge is 0.160 e. The van der Waals surface area contributed by atoms with Crippen molar-refractivity contribution >= 4 is 11.8 Å². The molecule has 0 saturated carbocycles. The van der Waals surface area contributed by atoms with E-state index >= 15 is 0 Å². The molecular formula is C23H30N2O2S. The fourth-order valence-electron chi connectivity index (χ4n) is 3.18. The molecule has 0 heterocycles. The van der Waals surface area contributed by atoms with Crippen LogP contribution in [-0.4, -0.2) is 25.5 Å². The molecule has 5 heteroatoms. The molecule has 0 radical (unpaired) electrons. The molecular weight excluding hydrogens is 368 g/mol. The molecule has 4 nitrogen and oxygen atoms in total. The van der Waals surface area contributed by atoms with Gasteiger partial charge in [0.2, 0.25) is 0 Å². The highest BCUT2D eigenvalue weighted by molar-refractivity contribution is 8.01. The van der Waals surface area contributed by atoms with Gasteiger partial charge in [0.25, 0.3) is 0 Å². The normalized spacial score (nSPS) is 12.8. The number of nitrogens with zero attached hydrogens (tertiary/aromatic N) is 1. The van der Waals surface area contributed by atoms with Crippen LogP contribution >= 0.6 is 11.8 Å². The van der Waals surface area contributed by atoms with Gasteiger partial charge in [-0.25, -0.2) is 0 Å². The van der Waals surface area contributed by atoms with Crippen LogP contribution in [0.5, 0.6) is 11.5 Å². The molecule has 2 rings (SSSR count). The molecule has 0 aliphatic carbocycles. The van der Waals surface area contributed by atoms with E-state index < -0.39 is 4.75 Å². The molecule has 2 aromatic carbocycles. The SMILES string of the molecule is COc1ccc(CC(C#N)(CCCCCN)Sc2ccc(C)cc2)cc1OC. The second kappa shape index (κ2) is 11.0. The fourth-order valence-corrected chi connectivity index (χ4v) is 4.43. The molecule has 1 unspecified atom stereocenters. The quantitative estimate of drug-likeness (QED) is 0.420. The van der Waals surface area contributed by atoms with Crippen molar-refractivity contribution in [1.82, 2.24) is 0 Å². The third-order valence-electron chi connectivity index (χ3n) is 4.76. The van der Waals surface area contributed by atoms with Gasteiger partial charge in [0.1, 0.15) is 4.75 Å². The topological polar surface area (TPSA) is 68.3 Å². The van der Waals surface area contributed by atoms with E-state index in [1.807, 2.05) is 18.2 Å². The van der Waals surface area contributed by atoms with E-state index in [9.17, 15) is 5.26 Å².